The summed E-state index contributed by atoms with van der Waals surface area (Å²) in [5.74, 6) is 0.567. The standard InChI is InChI=1S/C20H21N5O/c1-16-5-7-18(8-6-16)23-20(26)17(14-21)15-24-10-12-25(13-11-24)19-4-2-3-9-22-19/h2-9,15H,10-13H2,1H3,(H,23,26)/b17-15-. The summed E-state index contributed by atoms with van der Waals surface area (Å²) in [4.78, 5) is 20.9. The van der Waals surface area contributed by atoms with Crippen molar-refractivity contribution in [3.8, 4) is 6.07 Å². The van der Waals surface area contributed by atoms with E-state index >= 15 is 0 Å². The summed E-state index contributed by atoms with van der Waals surface area (Å²) in [6.45, 7) is 5.05. The minimum atomic E-state index is -0.386. The van der Waals surface area contributed by atoms with E-state index in [0.29, 0.717) is 5.69 Å². The Morgan fingerprint density at radius 3 is 2.50 bits per heavy atom. The van der Waals surface area contributed by atoms with Gasteiger partial charge < -0.3 is 15.1 Å². The Kier molecular flexibility index (Phi) is 5.49. The molecule has 2 aromatic rings. The average molecular weight is 347 g/mol. The quantitative estimate of drug-likeness (QED) is 0.680. The fourth-order valence-corrected chi connectivity index (χ4v) is 2.78. The number of hydrogen-bond acceptors (Lipinski definition) is 5. The van der Waals surface area contributed by atoms with Crippen molar-refractivity contribution in [1.29, 1.82) is 5.26 Å². The monoisotopic (exact) mass is 347 g/mol. The molecule has 0 radical (unpaired) electrons. The number of hydrogen-bond donors (Lipinski definition) is 1. The second-order valence-corrected chi connectivity index (χ2v) is 6.19. The zero-order chi connectivity index (χ0) is 18.4. The third-order valence-corrected chi connectivity index (χ3v) is 4.27. The molecule has 0 atom stereocenters. The third kappa shape index (κ3) is 4.39. The van der Waals surface area contributed by atoms with Gasteiger partial charge in [-0.3, -0.25) is 4.79 Å². The van der Waals surface area contributed by atoms with E-state index in [-0.39, 0.29) is 11.5 Å². The number of pyridine rings is 1. The molecule has 6 heteroatoms. The van der Waals surface area contributed by atoms with Crippen LogP contribution < -0.4 is 10.2 Å². The van der Waals surface area contributed by atoms with Crippen molar-refractivity contribution in [2.75, 3.05) is 36.4 Å². The highest BCUT2D eigenvalue weighted by Crippen LogP contribution is 2.14. The second-order valence-electron chi connectivity index (χ2n) is 6.19. The number of nitriles is 1. The van der Waals surface area contributed by atoms with Gasteiger partial charge in [0.05, 0.1) is 0 Å². The van der Waals surface area contributed by atoms with Gasteiger partial charge in [0.2, 0.25) is 0 Å². The number of rotatable bonds is 4. The summed E-state index contributed by atoms with van der Waals surface area (Å²) >= 11 is 0. The molecule has 1 aromatic heterocycles. The van der Waals surface area contributed by atoms with Gasteiger partial charge in [-0.2, -0.15) is 5.26 Å². The van der Waals surface area contributed by atoms with Gasteiger partial charge in [-0.15, -0.1) is 0 Å². The van der Waals surface area contributed by atoms with Crippen LogP contribution in [0.1, 0.15) is 5.56 Å². The van der Waals surface area contributed by atoms with Crippen LogP contribution in [0.15, 0.2) is 60.4 Å². The molecule has 2 heterocycles. The molecule has 1 N–H and O–H groups in total. The van der Waals surface area contributed by atoms with E-state index in [0.717, 1.165) is 37.6 Å². The smallest absolute Gasteiger partial charge is 0.267 e. The van der Waals surface area contributed by atoms with E-state index in [9.17, 15) is 10.1 Å². The maximum Gasteiger partial charge on any atom is 0.267 e. The van der Waals surface area contributed by atoms with E-state index in [1.807, 2.05) is 60.4 Å². The molecule has 0 aliphatic carbocycles. The molecule has 3 rings (SSSR count). The lowest BCUT2D eigenvalue weighted by atomic mass is 10.2. The minimum Gasteiger partial charge on any atom is -0.373 e. The number of nitrogens with zero attached hydrogens (tertiary/aromatic N) is 4. The van der Waals surface area contributed by atoms with Crippen LogP contribution in [0.3, 0.4) is 0 Å². The van der Waals surface area contributed by atoms with Gasteiger partial charge in [-0.25, -0.2) is 4.98 Å². The highest BCUT2D eigenvalue weighted by molar-refractivity contribution is 6.06. The zero-order valence-corrected chi connectivity index (χ0v) is 14.7. The highest BCUT2D eigenvalue weighted by atomic mass is 16.1. The molecule has 6 nitrogen and oxygen atoms in total. The molecule has 1 aliphatic heterocycles. The molecule has 1 fully saturated rings. The number of nitrogens with one attached hydrogen (secondary N) is 1. The summed E-state index contributed by atoms with van der Waals surface area (Å²) < 4.78 is 0. The lowest BCUT2D eigenvalue weighted by Gasteiger charge is -2.34. The molecule has 132 valence electrons. The Bertz CT molecular complexity index is 816. The van der Waals surface area contributed by atoms with E-state index < -0.39 is 0 Å². The molecule has 1 saturated heterocycles. The molecular formula is C20H21N5O. The number of aromatic nitrogens is 1. The van der Waals surface area contributed by atoms with Crippen molar-refractivity contribution in [2.45, 2.75) is 6.92 Å². The van der Waals surface area contributed by atoms with Crippen molar-refractivity contribution in [2.24, 2.45) is 0 Å². The highest BCUT2D eigenvalue weighted by Gasteiger charge is 2.18. The summed E-state index contributed by atoms with van der Waals surface area (Å²) in [6.07, 6.45) is 3.43. The molecule has 0 bridgehead atoms. The van der Waals surface area contributed by atoms with Gasteiger partial charge in [0, 0.05) is 44.3 Å². The van der Waals surface area contributed by atoms with Crippen LogP contribution in [0.25, 0.3) is 0 Å². The van der Waals surface area contributed by atoms with Crippen molar-refractivity contribution >= 4 is 17.4 Å². The first-order valence-electron chi connectivity index (χ1n) is 8.55. The van der Waals surface area contributed by atoms with Gasteiger partial charge in [-0.1, -0.05) is 23.8 Å². The first-order valence-corrected chi connectivity index (χ1v) is 8.55. The van der Waals surface area contributed by atoms with Gasteiger partial charge in [0.1, 0.15) is 17.5 Å². The van der Waals surface area contributed by atoms with E-state index in [1.54, 1.807) is 12.4 Å². The number of piperazine rings is 1. The Labute approximate surface area is 153 Å². The molecule has 1 aliphatic rings. The number of amides is 1. The fraction of sp³-hybridized carbons (Fsp3) is 0.250. The normalized spacial score (nSPS) is 14.7. The van der Waals surface area contributed by atoms with Crippen molar-refractivity contribution in [3.05, 3.63) is 66.0 Å². The van der Waals surface area contributed by atoms with Gasteiger partial charge in [0.25, 0.3) is 5.91 Å². The van der Waals surface area contributed by atoms with Crippen LogP contribution >= 0.6 is 0 Å². The van der Waals surface area contributed by atoms with E-state index in [4.69, 9.17) is 0 Å². The predicted molar refractivity (Wildman–Crippen MR) is 102 cm³/mol. The van der Waals surface area contributed by atoms with Gasteiger partial charge >= 0.3 is 0 Å². The first-order chi connectivity index (χ1) is 12.7. The van der Waals surface area contributed by atoms with E-state index in [2.05, 4.69) is 15.2 Å². The predicted octanol–water partition coefficient (Wildman–Crippen LogP) is 2.56. The molecule has 1 amide bonds. The molecular weight excluding hydrogens is 326 g/mol. The summed E-state index contributed by atoms with van der Waals surface area (Å²) in [7, 11) is 0. The number of benzene rings is 1. The van der Waals surface area contributed by atoms with Crippen LogP contribution in [0, 0.1) is 18.3 Å². The number of carbonyl (C=O) groups excluding carboxylic acids is 1. The average Bonchev–Trinajstić information content (AvgIpc) is 2.69. The molecule has 0 spiro atoms. The topological polar surface area (TPSA) is 72.3 Å². The van der Waals surface area contributed by atoms with Crippen LogP contribution in [-0.2, 0) is 4.79 Å². The number of carbonyl (C=O) groups is 1. The summed E-state index contributed by atoms with van der Waals surface area (Å²) in [5.41, 5.74) is 1.91. The summed E-state index contributed by atoms with van der Waals surface area (Å²) in [6, 6.07) is 15.4. The van der Waals surface area contributed by atoms with Crippen molar-refractivity contribution in [3.63, 3.8) is 0 Å². The van der Waals surface area contributed by atoms with Crippen LogP contribution in [0.4, 0.5) is 11.5 Å². The SMILES string of the molecule is Cc1ccc(NC(=O)/C(C#N)=C\N2CCN(c3ccccn3)CC2)cc1. The van der Waals surface area contributed by atoms with E-state index in [1.165, 1.54) is 0 Å². The lowest BCUT2D eigenvalue weighted by Crippen LogP contribution is -2.44. The Hall–Kier alpha value is -3.33. The molecule has 0 unspecified atom stereocenters. The molecule has 0 saturated carbocycles. The Balaban J connectivity index is 1.60. The zero-order valence-electron chi connectivity index (χ0n) is 14.7. The van der Waals surface area contributed by atoms with Crippen molar-refractivity contribution < 1.29 is 4.79 Å². The maximum absolute atomic E-state index is 12.3. The van der Waals surface area contributed by atoms with Gasteiger partial charge in [0.15, 0.2) is 0 Å². The summed E-state index contributed by atoms with van der Waals surface area (Å²) in [5, 5.41) is 12.1. The van der Waals surface area contributed by atoms with Crippen LogP contribution in [0.2, 0.25) is 0 Å². The lowest BCUT2D eigenvalue weighted by molar-refractivity contribution is -0.112. The second kappa shape index (κ2) is 8.17. The molecule has 1 aromatic carbocycles. The Morgan fingerprint density at radius 2 is 1.88 bits per heavy atom. The minimum absolute atomic E-state index is 0.108. The largest absolute Gasteiger partial charge is 0.373 e. The van der Waals surface area contributed by atoms with Crippen molar-refractivity contribution in [1.82, 2.24) is 9.88 Å². The third-order valence-electron chi connectivity index (χ3n) is 4.27. The molecule has 26 heavy (non-hydrogen) atoms. The van der Waals surface area contributed by atoms with Gasteiger partial charge in [-0.05, 0) is 31.2 Å². The Morgan fingerprint density at radius 1 is 1.15 bits per heavy atom. The van der Waals surface area contributed by atoms with Crippen LogP contribution in [-0.4, -0.2) is 42.0 Å². The maximum atomic E-state index is 12.3. The number of anilines is 2. The first kappa shape index (κ1) is 17.5. The fourth-order valence-electron chi connectivity index (χ4n) is 2.78. The number of aryl methyl sites for hydroxylation is 1. The van der Waals surface area contributed by atoms with Crippen LogP contribution in [0.5, 0.6) is 0 Å².